The predicted octanol–water partition coefficient (Wildman–Crippen LogP) is 3.04. The van der Waals surface area contributed by atoms with Gasteiger partial charge in [-0.1, -0.05) is 12.1 Å². The van der Waals surface area contributed by atoms with Crippen molar-refractivity contribution in [3.05, 3.63) is 70.8 Å². The number of nitrogens with zero attached hydrogens (tertiary/aromatic N) is 6. The quantitative estimate of drug-likeness (QED) is 0.506. The fraction of sp³-hybridized carbons (Fsp3) is 0.429. The van der Waals surface area contributed by atoms with Crippen molar-refractivity contribution in [1.82, 2.24) is 24.6 Å². The summed E-state index contributed by atoms with van der Waals surface area (Å²) < 4.78 is 23.6. The lowest BCUT2D eigenvalue weighted by Gasteiger charge is -2.32. The van der Waals surface area contributed by atoms with E-state index in [0.717, 1.165) is 48.6 Å². The lowest BCUT2D eigenvalue weighted by atomic mass is 9.86. The van der Waals surface area contributed by atoms with Gasteiger partial charge in [0.2, 0.25) is 0 Å². The zero-order valence-corrected chi connectivity index (χ0v) is 21.4. The van der Waals surface area contributed by atoms with Crippen LogP contribution < -0.4 is 9.47 Å². The molecule has 2 saturated heterocycles. The van der Waals surface area contributed by atoms with E-state index in [2.05, 4.69) is 39.2 Å². The summed E-state index contributed by atoms with van der Waals surface area (Å²) in [5.41, 5.74) is 4.44. The Morgan fingerprint density at radius 1 is 0.949 bits per heavy atom. The molecule has 0 bridgehead atoms. The average molecular weight is 529 g/mol. The maximum absolute atomic E-state index is 13.1. The van der Waals surface area contributed by atoms with Crippen molar-refractivity contribution in [2.75, 3.05) is 39.8 Å². The average Bonchev–Trinajstić information content (AvgIpc) is 3.73. The smallest absolute Gasteiger partial charge is 0.346 e. The summed E-state index contributed by atoms with van der Waals surface area (Å²) in [5, 5.41) is 13.0. The summed E-state index contributed by atoms with van der Waals surface area (Å²) in [6, 6.07) is 14.4. The molecule has 1 amide bonds. The second-order valence-electron chi connectivity index (χ2n) is 10.7. The fourth-order valence-corrected chi connectivity index (χ4v) is 6.35. The molecule has 5 heterocycles. The second-order valence-corrected chi connectivity index (χ2v) is 10.7. The van der Waals surface area contributed by atoms with Crippen molar-refractivity contribution in [3.63, 3.8) is 0 Å². The summed E-state index contributed by atoms with van der Waals surface area (Å²) in [7, 11) is 0. The van der Waals surface area contributed by atoms with Crippen molar-refractivity contribution in [1.29, 1.82) is 5.26 Å². The Kier molecular flexibility index (Phi) is 5.96. The number of carbonyl (C=O) groups is 1. The molecule has 39 heavy (non-hydrogen) atoms. The molecule has 11 nitrogen and oxygen atoms in total. The molecule has 2 fully saturated rings. The van der Waals surface area contributed by atoms with Gasteiger partial charge in [0.05, 0.1) is 19.3 Å². The molecule has 0 aliphatic carbocycles. The first-order chi connectivity index (χ1) is 19.1. The van der Waals surface area contributed by atoms with E-state index < -0.39 is 0 Å². The molecule has 1 aromatic heterocycles. The van der Waals surface area contributed by atoms with Crippen molar-refractivity contribution in [3.8, 4) is 17.6 Å². The molecule has 1 atom stereocenters. The molecule has 7 rings (SSSR count). The highest BCUT2D eigenvalue weighted by Crippen LogP contribution is 2.45. The van der Waals surface area contributed by atoms with Gasteiger partial charge >= 0.3 is 6.03 Å². The molecule has 1 spiro atoms. The number of fused-ring (bicyclic) bond motifs is 2. The first kappa shape index (κ1) is 24.1. The highest BCUT2D eigenvalue weighted by Gasteiger charge is 2.47. The van der Waals surface area contributed by atoms with Gasteiger partial charge in [-0.2, -0.15) is 9.94 Å². The highest BCUT2D eigenvalue weighted by atomic mass is 16.7. The molecule has 4 aliphatic heterocycles. The summed E-state index contributed by atoms with van der Waals surface area (Å²) >= 11 is 0. The van der Waals surface area contributed by atoms with Gasteiger partial charge in [0.15, 0.2) is 13.6 Å². The molecular weight excluding hydrogens is 500 g/mol. The predicted molar refractivity (Wildman–Crippen MR) is 136 cm³/mol. The van der Waals surface area contributed by atoms with Crippen LogP contribution >= 0.6 is 0 Å². The van der Waals surface area contributed by atoms with Crippen molar-refractivity contribution >= 4 is 6.03 Å². The standard InChI is InChI=1S/C28H28N6O5/c29-11-25-30-16-34(31-25)27(35)33-8-6-28(15-33)5-7-32(14-28)26(19-1-3-23-21(9-19)12-36-17-38-23)20-2-4-24-22(10-20)13-37-18-39-24/h1-4,9-10,16,26H,5-8,12-15,17-18H2. The van der Waals surface area contributed by atoms with E-state index in [1.54, 1.807) is 0 Å². The molecule has 0 radical (unpaired) electrons. The number of likely N-dealkylation sites (tertiary alicyclic amines) is 2. The molecule has 3 aromatic rings. The van der Waals surface area contributed by atoms with Crippen LogP contribution in [0.5, 0.6) is 11.5 Å². The molecule has 0 N–H and O–H groups in total. The molecule has 0 saturated carbocycles. The number of benzene rings is 2. The molecule has 1 unspecified atom stereocenters. The number of nitriles is 1. The maximum Gasteiger partial charge on any atom is 0.346 e. The fourth-order valence-electron chi connectivity index (χ4n) is 6.35. The van der Waals surface area contributed by atoms with E-state index in [0.29, 0.717) is 26.3 Å². The van der Waals surface area contributed by atoms with Crippen LogP contribution in [0.1, 0.15) is 47.0 Å². The largest absolute Gasteiger partial charge is 0.467 e. The van der Waals surface area contributed by atoms with Crippen LogP contribution in [0.3, 0.4) is 0 Å². The Morgan fingerprint density at radius 3 is 2.26 bits per heavy atom. The van der Waals surface area contributed by atoms with Crippen LogP contribution in [0.25, 0.3) is 0 Å². The van der Waals surface area contributed by atoms with Gasteiger partial charge in [-0.15, -0.1) is 5.10 Å². The topological polar surface area (TPSA) is 115 Å². The summed E-state index contributed by atoms with van der Waals surface area (Å²) in [5.74, 6) is 1.73. The molecular formula is C28H28N6O5. The zero-order valence-electron chi connectivity index (χ0n) is 21.4. The van der Waals surface area contributed by atoms with Gasteiger partial charge < -0.3 is 23.8 Å². The summed E-state index contributed by atoms with van der Waals surface area (Å²) in [6.07, 6.45) is 3.22. The number of aromatic nitrogens is 3. The maximum atomic E-state index is 13.1. The summed E-state index contributed by atoms with van der Waals surface area (Å²) in [4.78, 5) is 21.3. The van der Waals surface area contributed by atoms with Gasteiger partial charge in [-0.05, 0) is 54.8 Å². The van der Waals surface area contributed by atoms with Gasteiger partial charge in [0, 0.05) is 36.2 Å². The third kappa shape index (κ3) is 4.40. The minimum absolute atomic E-state index is 0.00570. The highest BCUT2D eigenvalue weighted by molar-refractivity contribution is 5.76. The van der Waals surface area contributed by atoms with E-state index in [1.807, 2.05) is 23.1 Å². The number of hydrogen-bond acceptors (Lipinski definition) is 9. The second kappa shape index (κ2) is 9.64. The third-order valence-electron chi connectivity index (χ3n) is 8.24. The van der Waals surface area contributed by atoms with Crippen LogP contribution in [0, 0.1) is 16.7 Å². The van der Waals surface area contributed by atoms with E-state index >= 15 is 0 Å². The van der Waals surface area contributed by atoms with Gasteiger partial charge in [-0.3, -0.25) is 4.90 Å². The lowest BCUT2D eigenvalue weighted by Crippen LogP contribution is -2.37. The number of rotatable bonds is 3. The molecule has 11 heteroatoms. The monoisotopic (exact) mass is 528 g/mol. The van der Waals surface area contributed by atoms with Crippen LogP contribution in [0.2, 0.25) is 0 Å². The number of ether oxygens (including phenoxy) is 4. The van der Waals surface area contributed by atoms with E-state index in [1.165, 1.54) is 22.1 Å². The summed E-state index contributed by atoms with van der Waals surface area (Å²) in [6.45, 7) is 4.67. The Morgan fingerprint density at radius 2 is 1.62 bits per heavy atom. The number of carbonyl (C=O) groups excluding carboxylic acids is 1. The van der Waals surface area contributed by atoms with Crippen molar-refractivity contribution in [2.45, 2.75) is 32.1 Å². The van der Waals surface area contributed by atoms with Crippen LogP contribution in [-0.4, -0.2) is 70.4 Å². The van der Waals surface area contributed by atoms with Crippen LogP contribution in [-0.2, 0) is 22.7 Å². The van der Waals surface area contributed by atoms with Crippen LogP contribution in [0.4, 0.5) is 4.79 Å². The number of hydrogen-bond donors (Lipinski definition) is 0. The Balaban J connectivity index is 1.17. The normalized spacial score (nSPS) is 22.3. The first-order valence-corrected chi connectivity index (χ1v) is 13.1. The van der Waals surface area contributed by atoms with E-state index in [9.17, 15) is 4.79 Å². The zero-order chi connectivity index (χ0) is 26.4. The van der Waals surface area contributed by atoms with Crippen molar-refractivity contribution < 1.29 is 23.7 Å². The minimum atomic E-state index is -0.236. The van der Waals surface area contributed by atoms with Crippen molar-refractivity contribution in [2.24, 2.45) is 5.41 Å². The molecule has 2 aromatic carbocycles. The van der Waals surface area contributed by atoms with E-state index in [-0.39, 0.29) is 36.9 Å². The Labute approximate surface area is 225 Å². The Bertz CT molecular complexity index is 1410. The van der Waals surface area contributed by atoms with Gasteiger partial charge in [0.25, 0.3) is 5.82 Å². The molecule has 200 valence electrons. The lowest BCUT2D eigenvalue weighted by molar-refractivity contribution is -0.0164. The van der Waals surface area contributed by atoms with Crippen LogP contribution in [0.15, 0.2) is 42.7 Å². The van der Waals surface area contributed by atoms with Gasteiger partial charge in [-0.25, -0.2) is 9.78 Å². The SMILES string of the molecule is N#Cc1ncn(C(=O)N2CCC3(CCN(C(c4ccc5c(c4)COCO5)c4ccc5c(c4)COCO5)C3)C2)n1. The minimum Gasteiger partial charge on any atom is -0.467 e. The number of amides is 1. The third-order valence-corrected chi connectivity index (χ3v) is 8.24. The first-order valence-electron chi connectivity index (χ1n) is 13.1. The van der Waals surface area contributed by atoms with Gasteiger partial charge in [0.1, 0.15) is 23.9 Å². The Hall–Kier alpha value is -3.98. The van der Waals surface area contributed by atoms with E-state index in [4.69, 9.17) is 24.2 Å². The molecule has 4 aliphatic rings.